The Labute approximate surface area is 234 Å². The lowest BCUT2D eigenvalue weighted by atomic mass is 10.1. The van der Waals surface area contributed by atoms with Crippen LogP contribution in [0.4, 0.5) is 25.8 Å². The summed E-state index contributed by atoms with van der Waals surface area (Å²) in [6, 6.07) is 10.7. The molecular weight excluding hydrogens is 594 g/mol. The molecule has 0 spiro atoms. The lowest BCUT2D eigenvalue weighted by Gasteiger charge is -2.12. The topological polar surface area (TPSA) is 87.3 Å². The third-order valence-electron chi connectivity index (χ3n) is 5.66. The van der Waals surface area contributed by atoms with E-state index in [1.807, 2.05) is 5.32 Å². The maximum atomic E-state index is 14.5. The van der Waals surface area contributed by atoms with Gasteiger partial charge in [-0.1, -0.05) is 40.9 Å². The molecule has 2 atom stereocenters. The smallest absolute Gasteiger partial charge is 0.257 e. The van der Waals surface area contributed by atoms with E-state index in [4.69, 9.17) is 58.0 Å². The van der Waals surface area contributed by atoms with Crippen molar-refractivity contribution in [2.45, 2.75) is 10.3 Å². The Morgan fingerprint density at radius 1 is 0.892 bits per heavy atom. The zero-order chi connectivity index (χ0) is 27.1. The summed E-state index contributed by atoms with van der Waals surface area (Å²) in [7, 11) is 0. The Morgan fingerprint density at radius 2 is 1.59 bits per heavy atom. The van der Waals surface area contributed by atoms with Gasteiger partial charge < -0.3 is 16.0 Å². The average Bonchev–Trinajstić information content (AvgIpc) is 3.43. The fourth-order valence-corrected chi connectivity index (χ4v) is 5.14. The maximum Gasteiger partial charge on any atom is 0.257 e. The molecule has 1 fully saturated rings. The zero-order valence-corrected chi connectivity index (χ0v) is 22.0. The number of hydrogen-bond acceptors (Lipinski definition) is 3. The van der Waals surface area contributed by atoms with Crippen molar-refractivity contribution in [3.05, 3.63) is 86.4 Å². The van der Waals surface area contributed by atoms with E-state index in [9.17, 15) is 23.2 Å². The molecule has 3 aromatic carbocycles. The normalized spacial score (nSPS) is 17.6. The predicted octanol–water partition coefficient (Wildman–Crippen LogP) is 7.27. The number of benzene rings is 3. The first-order valence-corrected chi connectivity index (χ1v) is 12.3. The van der Waals surface area contributed by atoms with Crippen LogP contribution in [0.3, 0.4) is 0 Å². The zero-order valence-electron chi connectivity index (χ0n) is 18.2. The van der Waals surface area contributed by atoms with Crippen molar-refractivity contribution < 1.29 is 23.2 Å². The highest BCUT2D eigenvalue weighted by Gasteiger charge is 2.67. The standard InChI is InChI=1S/C24H14Cl5F2N3O3/c25-13-4-2-11(8-12(13)22(36)34-17-6-5-16(30)21(20(17)31)32-9-35)33-23(37)19-18(24(19,28)29)10-1-3-14(26)15(27)7-10/h1-9,18-19H,(H,32,35)(H,33,37)(H,34,36)/t18-,19?/m0/s1. The minimum atomic E-state index is -1.40. The van der Waals surface area contributed by atoms with Crippen molar-refractivity contribution in [2.75, 3.05) is 16.0 Å². The summed E-state index contributed by atoms with van der Waals surface area (Å²) < 4.78 is 26.9. The van der Waals surface area contributed by atoms with Crippen LogP contribution in [-0.4, -0.2) is 22.6 Å². The molecule has 1 aliphatic rings. The quantitative estimate of drug-likeness (QED) is 0.195. The summed E-state index contributed by atoms with van der Waals surface area (Å²) in [6.45, 7) is 0. The maximum absolute atomic E-state index is 14.5. The van der Waals surface area contributed by atoms with Gasteiger partial charge in [-0.25, -0.2) is 8.78 Å². The van der Waals surface area contributed by atoms with Crippen molar-refractivity contribution >= 4 is 93.3 Å². The van der Waals surface area contributed by atoms with E-state index in [2.05, 4.69) is 10.6 Å². The largest absolute Gasteiger partial charge is 0.326 e. The van der Waals surface area contributed by atoms with Crippen LogP contribution < -0.4 is 16.0 Å². The summed E-state index contributed by atoms with van der Waals surface area (Å²) in [5.41, 5.74) is -0.441. The number of carbonyl (C=O) groups excluding carboxylic acids is 3. The van der Waals surface area contributed by atoms with E-state index in [1.165, 1.54) is 18.2 Å². The summed E-state index contributed by atoms with van der Waals surface area (Å²) in [5, 5.41) is 7.41. The molecule has 0 aromatic heterocycles. The summed E-state index contributed by atoms with van der Waals surface area (Å²) in [6.07, 6.45) is 0.0957. The molecule has 0 saturated heterocycles. The molecule has 3 N–H and O–H groups in total. The van der Waals surface area contributed by atoms with Gasteiger partial charge in [-0.3, -0.25) is 14.4 Å². The summed E-state index contributed by atoms with van der Waals surface area (Å²) in [5.74, 6) is -4.99. The van der Waals surface area contributed by atoms with Crippen LogP contribution >= 0.6 is 58.0 Å². The number of rotatable bonds is 7. The monoisotopic (exact) mass is 605 g/mol. The summed E-state index contributed by atoms with van der Waals surface area (Å²) >= 11 is 30.9. The minimum Gasteiger partial charge on any atom is -0.326 e. The molecule has 1 saturated carbocycles. The second kappa shape index (κ2) is 10.6. The number of halogens is 7. The molecule has 0 radical (unpaired) electrons. The highest BCUT2D eigenvalue weighted by Crippen LogP contribution is 2.65. The third kappa shape index (κ3) is 5.49. The van der Waals surface area contributed by atoms with Crippen LogP contribution in [0, 0.1) is 17.6 Å². The minimum absolute atomic E-state index is 0.00611. The highest BCUT2D eigenvalue weighted by molar-refractivity contribution is 6.53. The molecule has 6 nitrogen and oxygen atoms in total. The number of alkyl halides is 2. The molecule has 1 unspecified atom stereocenters. The first-order valence-electron chi connectivity index (χ1n) is 10.4. The van der Waals surface area contributed by atoms with E-state index in [0.29, 0.717) is 10.6 Å². The van der Waals surface area contributed by atoms with Gasteiger partial charge in [0.25, 0.3) is 5.91 Å². The average molecular weight is 608 g/mol. The molecule has 0 aliphatic heterocycles. The molecular formula is C24H14Cl5F2N3O3. The van der Waals surface area contributed by atoms with Gasteiger partial charge in [0, 0.05) is 11.6 Å². The number of hydrogen-bond donors (Lipinski definition) is 3. The van der Waals surface area contributed by atoms with Gasteiger partial charge in [0.1, 0.15) is 15.8 Å². The molecule has 3 aromatic rings. The van der Waals surface area contributed by atoms with E-state index in [0.717, 1.165) is 12.1 Å². The lowest BCUT2D eigenvalue weighted by Crippen LogP contribution is -2.18. The number of anilines is 3. The molecule has 13 heteroatoms. The van der Waals surface area contributed by atoms with Gasteiger partial charge in [0.05, 0.1) is 32.2 Å². The first kappa shape index (κ1) is 27.4. The van der Waals surface area contributed by atoms with E-state index in [-0.39, 0.29) is 27.7 Å². The molecule has 0 heterocycles. The molecule has 1 aliphatic carbocycles. The number of carbonyl (C=O) groups is 3. The Bertz CT molecular complexity index is 1440. The van der Waals surface area contributed by atoms with Crippen LogP contribution in [0.15, 0.2) is 48.5 Å². The van der Waals surface area contributed by atoms with Gasteiger partial charge in [-0.05, 0) is 48.0 Å². The first-order chi connectivity index (χ1) is 17.4. The van der Waals surface area contributed by atoms with Crippen molar-refractivity contribution in [1.82, 2.24) is 0 Å². The predicted molar refractivity (Wildman–Crippen MR) is 141 cm³/mol. The van der Waals surface area contributed by atoms with E-state index in [1.54, 1.807) is 18.2 Å². The molecule has 0 bridgehead atoms. The van der Waals surface area contributed by atoms with Gasteiger partial charge in [-0.15, -0.1) is 23.2 Å². The van der Waals surface area contributed by atoms with Gasteiger partial charge in [0.2, 0.25) is 12.3 Å². The second-order valence-corrected chi connectivity index (χ2v) is 10.7. The Kier molecular flexibility index (Phi) is 7.88. The van der Waals surface area contributed by atoms with Crippen molar-refractivity contribution in [2.24, 2.45) is 5.92 Å². The number of amides is 3. The highest BCUT2D eigenvalue weighted by atomic mass is 35.5. The van der Waals surface area contributed by atoms with Crippen LogP contribution in [0.1, 0.15) is 21.8 Å². The molecule has 4 rings (SSSR count). The second-order valence-electron chi connectivity index (χ2n) is 7.99. The number of nitrogens with one attached hydrogen (secondary N) is 3. The van der Waals surface area contributed by atoms with Gasteiger partial charge in [0.15, 0.2) is 5.82 Å². The van der Waals surface area contributed by atoms with Crippen LogP contribution in [0.5, 0.6) is 0 Å². The molecule has 3 amide bonds. The Balaban J connectivity index is 1.52. The van der Waals surface area contributed by atoms with E-state index < -0.39 is 51.0 Å². The van der Waals surface area contributed by atoms with Gasteiger partial charge >= 0.3 is 0 Å². The Morgan fingerprint density at radius 3 is 2.27 bits per heavy atom. The summed E-state index contributed by atoms with van der Waals surface area (Å²) in [4.78, 5) is 36.4. The van der Waals surface area contributed by atoms with Crippen LogP contribution in [0.25, 0.3) is 0 Å². The van der Waals surface area contributed by atoms with Crippen molar-refractivity contribution in [1.29, 1.82) is 0 Å². The van der Waals surface area contributed by atoms with Crippen molar-refractivity contribution in [3.8, 4) is 0 Å². The third-order valence-corrected chi connectivity index (χ3v) is 7.67. The fourth-order valence-electron chi connectivity index (χ4n) is 3.80. The van der Waals surface area contributed by atoms with Crippen molar-refractivity contribution in [3.63, 3.8) is 0 Å². The fraction of sp³-hybridized carbons (Fsp3) is 0.125. The van der Waals surface area contributed by atoms with E-state index >= 15 is 0 Å². The molecule has 37 heavy (non-hydrogen) atoms. The lowest BCUT2D eigenvalue weighted by molar-refractivity contribution is -0.117. The molecule has 192 valence electrons. The van der Waals surface area contributed by atoms with Gasteiger partial charge in [-0.2, -0.15) is 0 Å². The SMILES string of the molecule is O=CNc1c(F)ccc(NC(=O)c2cc(NC(=O)C3[C@H](c4ccc(Cl)c(Cl)c4)C3(Cl)Cl)ccc2Cl)c1F. The Hall–Kier alpha value is -2.62. The van der Waals surface area contributed by atoms with Crippen LogP contribution in [-0.2, 0) is 9.59 Å². The van der Waals surface area contributed by atoms with Crippen LogP contribution in [0.2, 0.25) is 15.1 Å².